The summed E-state index contributed by atoms with van der Waals surface area (Å²) in [5.74, 6) is 0.914. The van der Waals surface area contributed by atoms with Crippen molar-refractivity contribution in [2.24, 2.45) is 0 Å². The van der Waals surface area contributed by atoms with Gasteiger partial charge in [0.15, 0.2) is 0 Å². The molecule has 2 aliphatic rings. The summed E-state index contributed by atoms with van der Waals surface area (Å²) in [4.78, 5) is 0. The second-order valence-electron chi connectivity index (χ2n) is 3.13. The molecule has 0 aliphatic heterocycles. The molecule has 0 aromatic rings. The highest BCUT2D eigenvalue weighted by atomic mass is 16.5. The molecular weight excluding hydrogens is 160 g/mol. The minimum absolute atomic E-state index is 0.914. The number of hydrogen-bond acceptors (Lipinski definition) is 1. The lowest BCUT2D eigenvalue weighted by atomic mass is 9.97. The molecular formula is C12H12O. The fraction of sp³-hybridized carbons (Fsp3) is 0.167. The van der Waals surface area contributed by atoms with Crippen LogP contribution in [0.3, 0.4) is 0 Å². The van der Waals surface area contributed by atoms with E-state index in [1.807, 2.05) is 12.2 Å². The van der Waals surface area contributed by atoms with Crippen LogP contribution in [0.2, 0.25) is 0 Å². The quantitative estimate of drug-likeness (QED) is 0.591. The molecule has 13 heavy (non-hydrogen) atoms. The highest BCUT2D eigenvalue weighted by Gasteiger charge is 2.04. The number of hydrogen-bond donors (Lipinski definition) is 0. The lowest BCUT2D eigenvalue weighted by molar-refractivity contribution is 0.306. The van der Waals surface area contributed by atoms with Crippen molar-refractivity contribution in [3.05, 3.63) is 59.4 Å². The monoisotopic (exact) mass is 172 g/mol. The van der Waals surface area contributed by atoms with E-state index in [0.717, 1.165) is 12.2 Å². The topological polar surface area (TPSA) is 9.23 Å². The van der Waals surface area contributed by atoms with Crippen molar-refractivity contribution >= 4 is 0 Å². The van der Waals surface area contributed by atoms with Crippen LogP contribution in [0.4, 0.5) is 0 Å². The summed E-state index contributed by atoms with van der Waals surface area (Å²) in [5.41, 5.74) is 2.65. The zero-order valence-electron chi connectivity index (χ0n) is 7.66. The molecule has 0 amide bonds. The molecule has 1 heteroatoms. The predicted molar refractivity (Wildman–Crippen MR) is 54.2 cm³/mol. The summed E-state index contributed by atoms with van der Waals surface area (Å²) in [6.45, 7) is 0. The maximum Gasteiger partial charge on any atom is 0.119 e. The maximum atomic E-state index is 5.20. The highest BCUT2D eigenvalue weighted by molar-refractivity contribution is 5.44. The van der Waals surface area contributed by atoms with Crippen molar-refractivity contribution < 1.29 is 4.74 Å². The lowest BCUT2D eigenvalue weighted by Gasteiger charge is -2.11. The molecule has 0 saturated carbocycles. The summed E-state index contributed by atoms with van der Waals surface area (Å²) >= 11 is 0. The molecule has 0 aromatic carbocycles. The Balaban J connectivity index is 2.41. The molecule has 0 radical (unpaired) electrons. The summed E-state index contributed by atoms with van der Waals surface area (Å²) in [7, 11) is 1.70. The van der Waals surface area contributed by atoms with Crippen molar-refractivity contribution in [2.75, 3.05) is 7.11 Å². The van der Waals surface area contributed by atoms with E-state index in [0.29, 0.717) is 0 Å². The Hall–Kier alpha value is -1.50. The molecule has 1 nitrogen and oxygen atoms in total. The van der Waals surface area contributed by atoms with Gasteiger partial charge in [-0.1, -0.05) is 30.4 Å². The Morgan fingerprint density at radius 2 is 1.85 bits per heavy atom. The molecule has 2 bridgehead atoms. The van der Waals surface area contributed by atoms with Crippen LogP contribution in [0.25, 0.3) is 0 Å². The lowest BCUT2D eigenvalue weighted by Crippen LogP contribution is -1.93. The third-order valence-electron chi connectivity index (χ3n) is 2.16. The van der Waals surface area contributed by atoms with Crippen molar-refractivity contribution in [3.63, 3.8) is 0 Å². The van der Waals surface area contributed by atoms with E-state index < -0.39 is 0 Å². The van der Waals surface area contributed by atoms with Crippen molar-refractivity contribution in [3.8, 4) is 0 Å². The van der Waals surface area contributed by atoms with Gasteiger partial charge in [0.1, 0.15) is 5.76 Å². The molecule has 66 valence electrons. The first kappa shape index (κ1) is 8.11. The predicted octanol–water partition coefficient (Wildman–Crippen LogP) is 2.90. The van der Waals surface area contributed by atoms with Crippen molar-refractivity contribution in [1.29, 1.82) is 0 Å². The van der Waals surface area contributed by atoms with Crippen LogP contribution >= 0.6 is 0 Å². The Morgan fingerprint density at radius 3 is 2.69 bits per heavy atom. The highest BCUT2D eigenvalue weighted by Crippen LogP contribution is 2.22. The van der Waals surface area contributed by atoms with E-state index in [1.54, 1.807) is 7.11 Å². The third kappa shape index (κ3) is 1.81. The molecule has 2 aliphatic carbocycles. The van der Waals surface area contributed by atoms with Gasteiger partial charge in [0.05, 0.1) is 7.11 Å². The van der Waals surface area contributed by atoms with Crippen LogP contribution in [0.5, 0.6) is 0 Å². The Bertz CT molecular complexity index is 351. The van der Waals surface area contributed by atoms with Gasteiger partial charge in [0, 0.05) is 0 Å². The normalized spacial score (nSPS) is 19.6. The Labute approximate surface area is 78.4 Å². The van der Waals surface area contributed by atoms with Crippen LogP contribution in [0.1, 0.15) is 6.42 Å². The van der Waals surface area contributed by atoms with Gasteiger partial charge in [-0.05, 0) is 29.7 Å². The minimum Gasteiger partial charge on any atom is -0.497 e. The number of fused-ring (bicyclic) bond motifs is 2. The van der Waals surface area contributed by atoms with E-state index in [-0.39, 0.29) is 0 Å². The molecule has 0 heterocycles. The minimum atomic E-state index is 0.914. The van der Waals surface area contributed by atoms with Crippen molar-refractivity contribution in [1.82, 2.24) is 0 Å². The largest absolute Gasteiger partial charge is 0.497 e. The summed E-state index contributed by atoms with van der Waals surface area (Å²) in [6.07, 6.45) is 15.5. The molecule has 0 atom stereocenters. The van der Waals surface area contributed by atoms with Gasteiger partial charge in [-0.15, -0.1) is 0 Å². The van der Waals surface area contributed by atoms with Crippen LogP contribution in [0.15, 0.2) is 59.4 Å². The van der Waals surface area contributed by atoms with E-state index >= 15 is 0 Å². The van der Waals surface area contributed by atoms with Gasteiger partial charge in [-0.25, -0.2) is 0 Å². The van der Waals surface area contributed by atoms with E-state index in [2.05, 4.69) is 30.4 Å². The maximum absolute atomic E-state index is 5.20. The van der Waals surface area contributed by atoms with E-state index in [1.165, 1.54) is 11.1 Å². The average Bonchev–Trinajstić information content (AvgIpc) is 2.15. The summed E-state index contributed by atoms with van der Waals surface area (Å²) < 4.78 is 5.20. The molecule has 0 aromatic heterocycles. The van der Waals surface area contributed by atoms with Crippen LogP contribution in [-0.2, 0) is 4.74 Å². The summed E-state index contributed by atoms with van der Waals surface area (Å²) in [5, 5.41) is 0. The smallest absolute Gasteiger partial charge is 0.119 e. The molecule has 0 fully saturated rings. The van der Waals surface area contributed by atoms with Crippen molar-refractivity contribution in [2.45, 2.75) is 6.42 Å². The average molecular weight is 172 g/mol. The van der Waals surface area contributed by atoms with Gasteiger partial charge >= 0.3 is 0 Å². The number of rotatable bonds is 1. The molecule has 2 rings (SSSR count). The van der Waals surface area contributed by atoms with Gasteiger partial charge in [0.25, 0.3) is 0 Å². The van der Waals surface area contributed by atoms with Crippen LogP contribution < -0.4 is 0 Å². The summed E-state index contributed by atoms with van der Waals surface area (Å²) in [6, 6.07) is 0. The van der Waals surface area contributed by atoms with E-state index in [9.17, 15) is 0 Å². The zero-order chi connectivity index (χ0) is 9.10. The standard InChI is InChI=1S/C12H12O/c1-13-12-7-3-5-10-4-2-6-11(8-10)9-12/h2-7,9H,8H2,1H3. The Kier molecular flexibility index (Phi) is 2.17. The third-order valence-corrected chi connectivity index (χ3v) is 2.16. The fourth-order valence-electron chi connectivity index (χ4n) is 1.49. The fourth-order valence-corrected chi connectivity index (χ4v) is 1.49. The molecule has 0 N–H and O–H groups in total. The second kappa shape index (κ2) is 3.48. The first-order valence-corrected chi connectivity index (χ1v) is 4.38. The van der Waals surface area contributed by atoms with Crippen LogP contribution in [-0.4, -0.2) is 7.11 Å². The number of allylic oxidation sites excluding steroid dienone is 9. The first-order chi connectivity index (χ1) is 6.38. The Morgan fingerprint density at radius 1 is 1.08 bits per heavy atom. The van der Waals surface area contributed by atoms with Gasteiger partial charge < -0.3 is 4.74 Å². The van der Waals surface area contributed by atoms with E-state index in [4.69, 9.17) is 4.74 Å². The van der Waals surface area contributed by atoms with Gasteiger partial charge in [-0.2, -0.15) is 0 Å². The molecule has 0 unspecified atom stereocenters. The SMILES string of the molecule is COC1=CC2=CC=CC(=CC=C1)C2. The second-order valence-corrected chi connectivity index (χ2v) is 3.13. The number of ether oxygens (including phenoxy) is 1. The molecule has 0 saturated heterocycles. The van der Waals surface area contributed by atoms with Gasteiger partial charge in [0.2, 0.25) is 0 Å². The number of methoxy groups -OCH3 is 1. The first-order valence-electron chi connectivity index (χ1n) is 4.38. The zero-order valence-corrected chi connectivity index (χ0v) is 7.66. The van der Waals surface area contributed by atoms with Crippen LogP contribution in [0, 0.1) is 0 Å². The van der Waals surface area contributed by atoms with Gasteiger partial charge in [-0.3, -0.25) is 0 Å². The molecule has 0 spiro atoms.